The van der Waals surface area contributed by atoms with Gasteiger partial charge in [0.1, 0.15) is 5.82 Å². The SMILES string of the molecule is CCCSCC(O)Cc1ccc(Cl)c(F)c1. The van der Waals surface area contributed by atoms with Crippen molar-refractivity contribution in [3.8, 4) is 0 Å². The first kappa shape index (κ1) is 13.8. The second kappa shape index (κ2) is 7.15. The van der Waals surface area contributed by atoms with Crippen LogP contribution in [0.3, 0.4) is 0 Å². The standard InChI is InChI=1S/C12H16ClFOS/c1-2-5-16-8-10(15)6-9-3-4-11(13)12(14)7-9/h3-4,7,10,15H,2,5-6,8H2,1H3. The summed E-state index contributed by atoms with van der Waals surface area (Å²) in [5.41, 5.74) is 0.784. The van der Waals surface area contributed by atoms with Crippen molar-refractivity contribution in [1.82, 2.24) is 0 Å². The minimum Gasteiger partial charge on any atom is -0.392 e. The fourth-order valence-corrected chi connectivity index (χ4v) is 2.32. The summed E-state index contributed by atoms with van der Waals surface area (Å²) >= 11 is 7.30. The molecule has 1 aromatic rings. The Hall–Kier alpha value is -0.250. The van der Waals surface area contributed by atoms with Gasteiger partial charge >= 0.3 is 0 Å². The lowest BCUT2D eigenvalue weighted by Gasteiger charge is -2.10. The first-order chi connectivity index (χ1) is 7.63. The number of rotatable bonds is 6. The van der Waals surface area contributed by atoms with Crippen molar-refractivity contribution in [2.45, 2.75) is 25.9 Å². The van der Waals surface area contributed by atoms with Crippen molar-refractivity contribution >= 4 is 23.4 Å². The van der Waals surface area contributed by atoms with Gasteiger partial charge in [0.2, 0.25) is 0 Å². The lowest BCUT2D eigenvalue weighted by Crippen LogP contribution is -2.14. The summed E-state index contributed by atoms with van der Waals surface area (Å²) in [4.78, 5) is 0. The maximum Gasteiger partial charge on any atom is 0.142 e. The fourth-order valence-electron chi connectivity index (χ4n) is 1.36. The Labute approximate surface area is 105 Å². The van der Waals surface area contributed by atoms with Gasteiger partial charge in [0, 0.05) is 5.75 Å². The van der Waals surface area contributed by atoms with Gasteiger partial charge in [-0.1, -0.05) is 24.6 Å². The van der Waals surface area contributed by atoms with Crippen molar-refractivity contribution in [3.05, 3.63) is 34.6 Å². The number of benzene rings is 1. The molecule has 0 aliphatic rings. The minimum atomic E-state index is -0.424. The van der Waals surface area contributed by atoms with Gasteiger partial charge in [-0.05, 0) is 36.3 Å². The molecular weight excluding hydrogens is 247 g/mol. The zero-order valence-corrected chi connectivity index (χ0v) is 10.8. The zero-order chi connectivity index (χ0) is 12.0. The van der Waals surface area contributed by atoms with Gasteiger partial charge in [0.25, 0.3) is 0 Å². The molecule has 1 N–H and O–H groups in total. The third-order valence-corrected chi connectivity index (χ3v) is 3.74. The topological polar surface area (TPSA) is 20.2 Å². The van der Waals surface area contributed by atoms with Crippen molar-refractivity contribution in [1.29, 1.82) is 0 Å². The molecule has 0 aliphatic heterocycles. The van der Waals surface area contributed by atoms with Gasteiger partial charge in [0.05, 0.1) is 11.1 Å². The Morgan fingerprint density at radius 1 is 1.50 bits per heavy atom. The van der Waals surface area contributed by atoms with E-state index in [-0.39, 0.29) is 5.02 Å². The van der Waals surface area contributed by atoms with Gasteiger partial charge < -0.3 is 5.11 Å². The minimum absolute atomic E-state index is 0.124. The molecule has 0 aromatic heterocycles. The molecule has 1 nitrogen and oxygen atoms in total. The van der Waals surface area contributed by atoms with Gasteiger partial charge in [-0.2, -0.15) is 11.8 Å². The molecule has 0 radical (unpaired) electrons. The van der Waals surface area contributed by atoms with Crippen LogP contribution in [-0.4, -0.2) is 22.7 Å². The van der Waals surface area contributed by atoms with Crippen LogP contribution in [0.15, 0.2) is 18.2 Å². The molecule has 1 atom stereocenters. The molecular formula is C12H16ClFOS. The van der Waals surface area contributed by atoms with Crippen molar-refractivity contribution in [3.63, 3.8) is 0 Å². The number of hydrogen-bond donors (Lipinski definition) is 1. The number of thioether (sulfide) groups is 1. The lowest BCUT2D eigenvalue weighted by molar-refractivity contribution is 0.200. The first-order valence-electron chi connectivity index (χ1n) is 5.33. The second-order valence-corrected chi connectivity index (χ2v) is 5.24. The van der Waals surface area contributed by atoms with Gasteiger partial charge in [-0.15, -0.1) is 0 Å². The quantitative estimate of drug-likeness (QED) is 0.792. The predicted octanol–water partition coefficient (Wildman–Crippen LogP) is 3.53. The van der Waals surface area contributed by atoms with Crippen LogP contribution >= 0.6 is 23.4 Å². The molecule has 1 unspecified atom stereocenters. The number of hydrogen-bond acceptors (Lipinski definition) is 2. The largest absolute Gasteiger partial charge is 0.392 e. The van der Waals surface area contributed by atoms with E-state index in [1.165, 1.54) is 12.1 Å². The van der Waals surface area contributed by atoms with E-state index >= 15 is 0 Å². The molecule has 0 saturated heterocycles. The summed E-state index contributed by atoms with van der Waals surface area (Å²) in [7, 11) is 0. The number of halogens is 2. The van der Waals surface area contributed by atoms with Crippen molar-refractivity contribution < 1.29 is 9.50 Å². The summed E-state index contributed by atoms with van der Waals surface area (Å²) in [5.74, 6) is 1.32. The molecule has 0 amide bonds. The second-order valence-electron chi connectivity index (χ2n) is 3.68. The van der Waals surface area contributed by atoms with Crippen LogP contribution in [0.5, 0.6) is 0 Å². The van der Waals surface area contributed by atoms with Gasteiger partial charge in [0.15, 0.2) is 0 Å². The maximum atomic E-state index is 13.1. The van der Waals surface area contributed by atoms with Gasteiger partial charge in [-0.3, -0.25) is 0 Å². The van der Waals surface area contributed by atoms with E-state index in [4.69, 9.17) is 11.6 Å². The smallest absolute Gasteiger partial charge is 0.142 e. The molecule has 0 bridgehead atoms. The Kier molecular flexibility index (Phi) is 6.17. The molecule has 16 heavy (non-hydrogen) atoms. The highest BCUT2D eigenvalue weighted by Gasteiger charge is 2.07. The highest BCUT2D eigenvalue weighted by atomic mass is 35.5. The predicted molar refractivity (Wildman–Crippen MR) is 68.7 cm³/mol. The third kappa shape index (κ3) is 4.73. The molecule has 0 fully saturated rings. The van der Waals surface area contributed by atoms with Crippen LogP contribution < -0.4 is 0 Å². The normalized spacial score (nSPS) is 12.8. The number of aliphatic hydroxyl groups is 1. The molecule has 0 heterocycles. The monoisotopic (exact) mass is 262 g/mol. The molecule has 0 spiro atoms. The molecule has 90 valence electrons. The van der Waals surface area contributed by atoms with E-state index in [1.807, 2.05) is 0 Å². The summed E-state index contributed by atoms with van der Waals surface area (Å²) in [6, 6.07) is 4.66. The molecule has 1 aromatic carbocycles. The molecule has 0 aliphatic carbocycles. The summed E-state index contributed by atoms with van der Waals surface area (Å²) < 4.78 is 13.1. The highest BCUT2D eigenvalue weighted by Crippen LogP contribution is 2.17. The Balaban J connectivity index is 2.43. The fraction of sp³-hybridized carbons (Fsp3) is 0.500. The Morgan fingerprint density at radius 2 is 2.25 bits per heavy atom. The van der Waals surface area contributed by atoms with Crippen LogP contribution in [0.2, 0.25) is 5.02 Å². The zero-order valence-electron chi connectivity index (χ0n) is 9.25. The van der Waals surface area contributed by atoms with E-state index in [0.717, 1.165) is 17.7 Å². The van der Waals surface area contributed by atoms with E-state index in [9.17, 15) is 9.50 Å². The molecule has 4 heteroatoms. The number of aliphatic hydroxyl groups excluding tert-OH is 1. The van der Waals surface area contributed by atoms with Crippen LogP contribution in [-0.2, 0) is 6.42 Å². The Morgan fingerprint density at radius 3 is 2.88 bits per heavy atom. The highest BCUT2D eigenvalue weighted by molar-refractivity contribution is 7.99. The van der Waals surface area contributed by atoms with Crippen molar-refractivity contribution in [2.24, 2.45) is 0 Å². The van der Waals surface area contributed by atoms with Crippen LogP contribution in [0.25, 0.3) is 0 Å². The molecule has 0 saturated carbocycles. The Bertz CT molecular complexity index is 333. The van der Waals surface area contributed by atoms with E-state index < -0.39 is 11.9 Å². The van der Waals surface area contributed by atoms with E-state index in [1.54, 1.807) is 17.8 Å². The van der Waals surface area contributed by atoms with Crippen molar-refractivity contribution in [2.75, 3.05) is 11.5 Å². The van der Waals surface area contributed by atoms with Crippen LogP contribution in [0, 0.1) is 5.82 Å². The summed E-state index contributed by atoms with van der Waals surface area (Å²) in [6.07, 6.45) is 1.16. The average Bonchev–Trinajstić information content (AvgIpc) is 2.24. The first-order valence-corrected chi connectivity index (χ1v) is 6.86. The van der Waals surface area contributed by atoms with Crippen LogP contribution in [0.4, 0.5) is 4.39 Å². The molecule has 1 rings (SSSR count). The van der Waals surface area contributed by atoms with E-state index in [2.05, 4.69) is 6.92 Å². The summed E-state index contributed by atoms with van der Waals surface area (Å²) in [6.45, 7) is 2.11. The summed E-state index contributed by atoms with van der Waals surface area (Å²) in [5, 5.41) is 9.84. The van der Waals surface area contributed by atoms with E-state index in [0.29, 0.717) is 12.2 Å². The maximum absolute atomic E-state index is 13.1. The van der Waals surface area contributed by atoms with Crippen LogP contribution in [0.1, 0.15) is 18.9 Å². The lowest BCUT2D eigenvalue weighted by atomic mass is 10.1. The third-order valence-electron chi connectivity index (χ3n) is 2.11. The average molecular weight is 263 g/mol. The van der Waals surface area contributed by atoms with Gasteiger partial charge in [-0.25, -0.2) is 4.39 Å².